The summed E-state index contributed by atoms with van der Waals surface area (Å²) in [5, 5.41) is 9.82. The van der Waals surface area contributed by atoms with Crippen molar-refractivity contribution in [3.8, 4) is 6.07 Å². The van der Waals surface area contributed by atoms with Gasteiger partial charge in [0.1, 0.15) is 11.6 Å². The van der Waals surface area contributed by atoms with Gasteiger partial charge in [-0.2, -0.15) is 5.26 Å². The average molecular weight is 376 g/mol. The lowest BCUT2D eigenvalue weighted by molar-refractivity contribution is -0.139. The zero-order valence-electron chi connectivity index (χ0n) is 16.9. The van der Waals surface area contributed by atoms with Crippen molar-refractivity contribution in [1.29, 1.82) is 5.26 Å². The number of nitrogens with zero attached hydrogens (tertiary/aromatic N) is 1. The van der Waals surface area contributed by atoms with E-state index in [0.29, 0.717) is 24.5 Å². The number of rotatable bonds is 9. The molecule has 0 amide bonds. The Morgan fingerprint density at radius 2 is 1.96 bits per heavy atom. The first-order valence-corrected chi connectivity index (χ1v) is 10.1. The maximum absolute atomic E-state index is 12.8. The molecule has 0 N–H and O–H groups in total. The van der Waals surface area contributed by atoms with Gasteiger partial charge in [-0.25, -0.2) is 4.79 Å². The SMILES string of the molecule is CCCCC(CC)COC(=O)/C(C#N)=C(\C1=CC=CC=CC1)c1ccccc1. The summed E-state index contributed by atoms with van der Waals surface area (Å²) in [6.45, 7) is 4.63. The summed E-state index contributed by atoms with van der Waals surface area (Å²) in [6.07, 6.45) is 14.7. The smallest absolute Gasteiger partial charge is 0.349 e. The third-order valence-electron chi connectivity index (χ3n) is 4.94. The zero-order valence-corrected chi connectivity index (χ0v) is 16.9. The van der Waals surface area contributed by atoms with Crippen LogP contribution in [0.4, 0.5) is 0 Å². The number of esters is 1. The summed E-state index contributed by atoms with van der Waals surface area (Å²) in [4.78, 5) is 12.8. The van der Waals surface area contributed by atoms with Gasteiger partial charge in [0.05, 0.1) is 6.61 Å². The van der Waals surface area contributed by atoms with E-state index in [-0.39, 0.29) is 5.57 Å². The summed E-state index contributed by atoms with van der Waals surface area (Å²) >= 11 is 0. The summed E-state index contributed by atoms with van der Waals surface area (Å²) in [6, 6.07) is 11.7. The van der Waals surface area contributed by atoms with Crippen LogP contribution in [-0.4, -0.2) is 12.6 Å². The molecule has 0 saturated heterocycles. The molecular formula is C25H29NO2. The lowest BCUT2D eigenvalue weighted by atomic mass is 9.91. The highest BCUT2D eigenvalue weighted by Crippen LogP contribution is 2.31. The minimum absolute atomic E-state index is 0.0755. The molecule has 0 spiro atoms. The van der Waals surface area contributed by atoms with Crippen molar-refractivity contribution in [2.24, 2.45) is 5.92 Å². The Morgan fingerprint density at radius 1 is 1.18 bits per heavy atom. The number of nitriles is 1. The Bertz CT molecular complexity index is 807. The van der Waals surface area contributed by atoms with Crippen LogP contribution < -0.4 is 0 Å². The van der Waals surface area contributed by atoms with Crippen LogP contribution in [0.3, 0.4) is 0 Å². The first kappa shape index (κ1) is 21.4. The Balaban J connectivity index is 2.34. The quantitative estimate of drug-likeness (QED) is 0.295. The van der Waals surface area contributed by atoms with Crippen LogP contribution in [-0.2, 0) is 9.53 Å². The van der Waals surface area contributed by atoms with E-state index in [9.17, 15) is 10.1 Å². The van der Waals surface area contributed by atoms with Gasteiger partial charge in [0.15, 0.2) is 0 Å². The number of hydrogen-bond donors (Lipinski definition) is 0. The largest absolute Gasteiger partial charge is 0.461 e. The fourth-order valence-corrected chi connectivity index (χ4v) is 3.23. The van der Waals surface area contributed by atoms with Gasteiger partial charge >= 0.3 is 5.97 Å². The van der Waals surface area contributed by atoms with E-state index in [4.69, 9.17) is 4.74 Å². The van der Waals surface area contributed by atoms with Crippen LogP contribution in [0.1, 0.15) is 51.5 Å². The molecule has 1 aromatic rings. The second kappa shape index (κ2) is 11.8. The van der Waals surface area contributed by atoms with Crippen LogP contribution in [0.15, 0.2) is 71.9 Å². The maximum Gasteiger partial charge on any atom is 0.349 e. The first-order valence-electron chi connectivity index (χ1n) is 10.1. The normalized spacial score (nSPS) is 15.1. The lowest BCUT2D eigenvalue weighted by Gasteiger charge is -2.16. The number of benzene rings is 1. The summed E-state index contributed by atoms with van der Waals surface area (Å²) in [7, 11) is 0. The van der Waals surface area contributed by atoms with Crippen LogP contribution in [0.2, 0.25) is 0 Å². The molecule has 0 saturated carbocycles. The Morgan fingerprint density at radius 3 is 2.64 bits per heavy atom. The van der Waals surface area contributed by atoms with E-state index in [0.717, 1.165) is 36.8 Å². The standard InChI is InChI=1S/C25H29NO2/c1-3-5-13-20(4-2)19-28-25(27)23(18-26)24(22-16-11-8-12-17-22)21-14-9-6-7-10-15-21/h6-12,14,16-17,20H,3-5,13,15,19H2,1-2H3/b24-23+. The predicted molar refractivity (Wildman–Crippen MR) is 114 cm³/mol. The first-order chi connectivity index (χ1) is 13.7. The van der Waals surface area contributed by atoms with Crippen LogP contribution in [0.5, 0.6) is 0 Å². The maximum atomic E-state index is 12.8. The van der Waals surface area contributed by atoms with Gasteiger partial charge in [-0.15, -0.1) is 0 Å². The lowest BCUT2D eigenvalue weighted by Crippen LogP contribution is -2.16. The van der Waals surface area contributed by atoms with Crippen LogP contribution in [0, 0.1) is 17.2 Å². The van der Waals surface area contributed by atoms with Crippen molar-refractivity contribution in [3.63, 3.8) is 0 Å². The minimum atomic E-state index is -0.533. The van der Waals surface area contributed by atoms with Crippen molar-refractivity contribution in [2.45, 2.75) is 46.0 Å². The van der Waals surface area contributed by atoms with Gasteiger partial charge < -0.3 is 4.74 Å². The molecule has 3 heteroatoms. The molecule has 2 rings (SSSR count). The molecule has 0 aromatic heterocycles. The molecule has 0 aliphatic heterocycles. The third-order valence-corrected chi connectivity index (χ3v) is 4.94. The van der Waals surface area contributed by atoms with E-state index in [1.54, 1.807) is 0 Å². The van der Waals surface area contributed by atoms with Gasteiger partial charge in [0, 0.05) is 5.57 Å². The molecular weight excluding hydrogens is 346 g/mol. The van der Waals surface area contributed by atoms with E-state index < -0.39 is 5.97 Å². The van der Waals surface area contributed by atoms with Crippen molar-refractivity contribution >= 4 is 11.5 Å². The Labute approximate surface area is 168 Å². The van der Waals surface area contributed by atoms with E-state index in [1.807, 2.05) is 60.7 Å². The fraction of sp³-hybridized carbons (Fsp3) is 0.360. The molecule has 1 aromatic carbocycles. The predicted octanol–water partition coefficient (Wildman–Crippen LogP) is 6.17. The minimum Gasteiger partial charge on any atom is -0.461 e. The van der Waals surface area contributed by atoms with Crippen molar-refractivity contribution in [3.05, 3.63) is 77.4 Å². The molecule has 0 fully saturated rings. The molecule has 1 aliphatic carbocycles. The summed E-state index contributed by atoms with van der Waals surface area (Å²) in [5.41, 5.74) is 2.52. The second-order valence-corrected chi connectivity index (χ2v) is 6.95. The number of hydrogen-bond acceptors (Lipinski definition) is 3. The monoisotopic (exact) mass is 375 g/mol. The van der Waals surface area contributed by atoms with Crippen molar-refractivity contribution in [2.75, 3.05) is 6.61 Å². The van der Waals surface area contributed by atoms with E-state index >= 15 is 0 Å². The van der Waals surface area contributed by atoms with Gasteiger partial charge in [-0.05, 0) is 29.9 Å². The molecule has 0 bridgehead atoms. The van der Waals surface area contributed by atoms with Gasteiger partial charge in [0.2, 0.25) is 0 Å². The molecule has 146 valence electrons. The summed E-state index contributed by atoms with van der Waals surface area (Å²) < 4.78 is 5.59. The molecule has 0 radical (unpaired) electrons. The van der Waals surface area contributed by atoms with E-state index in [2.05, 4.69) is 19.9 Å². The summed E-state index contributed by atoms with van der Waals surface area (Å²) in [5.74, 6) is -0.193. The van der Waals surface area contributed by atoms with Crippen molar-refractivity contribution < 1.29 is 9.53 Å². The highest BCUT2D eigenvalue weighted by atomic mass is 16.5. The second-order valence-electron chi connectivity index (χ2n) is 6.95. The molecule has 3 nitrogen and oxygen atoms in total. The Kier molecular flexibility index (Phi) is 9.01. The van der Waals surface area contributed by atoms with Crippen LogP contribution in [0.25, 0.3) is 5.57 Å². The topological polar surface area (TPSA) is 50.1 Å². The van der Waals surface area contributed by atoms with Gasteiger partial charge in [0.25, 0.3) is 0 Å². The Hall–Kier alpha value is -2.86. The van der Waals surface area contributed by atoms with Gasteiger partial charge in [-0.1, -0.05) is 93.8 Å². The number of allylic oxidation sites excluding steroid dienone is 7. The van der Waals surface area contributed by atoms with Crippen molar-refractivity contribution in [1.82, 2.24) is 0 Å². The highest BCUT2D eigenvalue weighted by molar-refractivity contribution is 6.05. The molecule has 0 heterocycles. The number of carbonyl (C=O) groups excluding carboxylic acids is 1. The highest BCUT2D eigenvalue weighted by Gasteiger charge is 2.22. The fourth-order valence-electron chi connectivity index (χ4n) is 3.23. The number of unbranched alkanes of at least 4 members (excludes halogenated alkanes) is 1. The van der Waals surface area contributed by atoms with E-state index in [1.165, 1.54) is 0 Å². The van der Waals surface area contributed by atoms with Crippen LogP contribution >= 0.6 is 0 Å². The molecule has 1 aliphatic rings. The number of ether oxygens (including phenoxy) is 1. The average Bonchev–Trinajstić information content (AvgIpc) is 3.01. The number of carbonyl (C=O) groups is 1. The molecule has 1 unspecified atom stereocenters. The zero-order chi connectivity index (χ0) is 20.2. The molecule has 1 atom stereocenters. The third kappa shape index (κ3) is 6.09. The molecule has 28 heavy (non-hydrogen) atoms. The van der Waals surface area contributed by atoms with Gasteiger partial charge in [-0.3, -0.25) is 0 Å².